The van der Waals surface area contributed by atoms with Crippen molar-refractivity contribution in [2.75, 3.05) is 7.11 Å². The van der Waals surface area contributed by atoms with Crippen molar-refractivity contribution in [1.82, 2.24) is 0 Å². The predicted molar refractivity (Wildman–Crippen MR) is 32.5 cm³/mol. The summed E-state index contributed by atoms with van der Waals surface area (Å²) in [7, 11) is 1.51. The van der Waals surface area contributed by atoms with Crippen LogP contribution < -0.4 is 0 Å². The lowest BCUT2D eigenvalue weighted by molar-refractivity contribution is -0.0790. The van der Waals surface area contributed by atoms with Crippen LogP contribution in [0.25, 0.3) is 0 Å². The number of hydrogen-bond donors (Lipinski definition) is 1. The Labute approximate surface area is 50.5 Å². The molecule has 0 aliphatic carbocycles. The van der Waals surface area contributed by atoms with Crippen molar-refractivity contribution in [3.05, 3.63) is 0 Å². The number of aliphatic hydroxyl groups is 1. The van der Waals surface area contributed by atoms with Crippen LogP contribution in [-0.2, 0) is 4.74 Å². The predicted octanol–water partition coefficient (Wildman–Crippen LogP) is 1.14. The first-order chi connectivity index (χ1) is 3.81. The average Bonchev–Trinajstić information content (AvgIpc) is 1.83. The zero-order chi connectivity index (χ0) is 6.41. The van der Waals surface area contributed by atoms with Crippen molar-refractivity contribution in [2.24, 2.45) is 0 Å². The second kappa shape index (κ2) is 5.06. The molecule has 0 heterocycles. The van der Waals surface area contributed by atoms with Crippen LogP contribution in [0, 0.1) is 0 Å². The van der Waals surface area contributed by atoms with Crippen LogP contribution in [0.4, 0.5) is 0 Å². The molecule has 0 spiro atoms. The zero-order valence-electron chi connectivity index (χ0n) is 5.55. The quantitative estimate of drug-likeness (QED) is 0.561. The van der Waals surface area contributed by atoms with Crippen LogP contribution in [-0.4, -0.2) is 18.5 Å². The van der Waals surface area contributed by atoms with E-state index in [2.05, 4.69) is 11.7 Å². The van der Waals surface area contributed by atoms with Gasteiger partial charge in [0, 0.05) is 7.11 Å². The van der Waals surface area contributed by atoms with Gasteiger partial charge in [-0.25, -0.2) is 0 Å². The van der Waals surface area contributed by atoms with Gasteiger partial charge in [0.15, 0.2) is 6.29 Å². The molecule has 0 radical (unpaired) electrons. The molecular formula is C6H14O2. The second-order valence-electron chi connectivity index (χ2n) is 1.83. The third-order valence-electron chi connectivity index (χ3n) is 1.08. The van der Waals surface area contributed by atoms with Gasteiger partial charge in [-0.1, -0.05) is 13.3 Å². The zero-order valence-corrected chi connectivity index (χ0v) is 5.55. The monoisotopic (exact) mass is 118 g/mol. The topological polar surface area (TPSA) is 29.5 Å². The standard InChI is InChI=1S/C6H14O2/c1-3-4-5-6(7)8-2/h6-7H,3-5H2,1-2H3. The number of ether oxygens (including phenoxy) is 1. The first kappa shape index (κ1) is 7.92. The summed E-state index contributed by atoms with van der Waals surface area (Å²) in [5.74, 6) is 0. The Hall–Kier alpha value is -0.0800. The van der Waals surface area contributed by atoms with Crippen molar-refractivity contribution in [3.8, 4) is 0 Å². The Morgan fingerprint density at radius 1 is 1.62 bits per heavy atom. The van der Waals surface area contributed by atoms with Crippen LogP contribution >= 0.6 is 0 Å². The minimum atomic E-state index is -0.546. The molecule has 1 N–H and O–H groups in total. The van der Waals surface area contributed by atoms with Gasteiger partial charge in [0.25, 0.3) is 0 Å². The van der Waals surface area contributed by atoms with Gasteiger partial charge in [-0.15, -0.1) is 0 Å². The van der Waals surface area contributed by atoms with Crippen molar-refractivity contribution < 1.29 is 9.84 Å². The van der Waals surface area contributed by atoms with E-state index >= 15 is 0 Å². The van der Waals surface area contributed by atoms with E-state index in [0.717, 1.165) is 19.3 Å². The van der Waals surface area contributed by atoms with E-state index < -0.39 is 6.29 Å². The fraction of sp³-hybridized carbons (Fsp3) is 1.00. The minimum absolute atomic E-state index is 0.546. The van der Waals surface area contributed by atoms with Crippen molar-refractivity contribution in [2.45, 2.75) is 32.5 Å². The molecule has 0 aromatic rings. The fourth-order valence-electron chi connectivity index (χ4n) is 0.497. The summed E-state index contributed by atoms with van der Waals surface area (Å²) in [6.07, 6.45) is 2.36. The van der Waals surface area contributed by atoms with Gasteiger partial charge < -0.3 is 9.84 Å². The molecule has 0 bridgehead atoms. The molecule has 0 amide bonds. The molecule has 0 saturated carbocycles. The highest BCUT2D eigenvalue weighted by Crippen LogP contribution is 1.98. The highest BCUT2D eigenvalue weighted by Gasteiger charge is 1.96. The van der Waals surface area contributed by atoms with E-state index in [9.17, 15) is 0 Å². The lowest BCUT2D eigenvalue weighted by Gasteiger charge is -2.04. The lowest BCUT2D eigenvalue weighted by atomic mass is 10.2. The molecule has 2 heteroatoms. The smallest absolute Gasteiger partial charge is 0.154 e. The molecule has 50 valence electrons. The van der Waals surface area contributed by atoms with E-state index in [4.69, 9.17) is 5.11 Å². The molecular weight excluding hydrogens is 104 g/mol. The summed E-state index contributed by atoms with van der Waals surface area (Å²) in [6.45, 7) is 2.09. The third-order valence-corrected chi connectivity index (χ3v) is 1.08. The van der Waals surface area contributed by atoms with Gasteiger partial charge in [0.05, 0.1) is 0 Å². The Kier molecular flexibility index (Phi) is 5.01. The van der Waals surface area contributed by atoms with Crippen LogP contribution in [0.3, 0.4) is 0 Å². The summed E-state index contributed by atoms with van der Waals surface area (Å²) in [5, 5.41) is 8.77. The summed E-state index contributed by atoms with van der Waals surface area (Å²) >= 11 is 0. The number of aliphatic hydroxyl groups excluding tert-OH is 1. The summed E-state index contributed by atoms with van der Waals surface area (Å²) < 4.78 is 4.61. The van der Waals surface area contributed by atoms with Crippen LogP contribution in [0.2, 0.25) is 0 Å². The molecule has 0 fully saturated rings. The molecule has 0 aromatic carbocycles. The van der Waals surface area contributed by atoms with Gasteiger partial charge in [-0.05, 0) is 12.8 Å². The fourth-order valence-corrected chi connectivity index (χ4v) is 0.497. The Balaban J connectivity index is 2.86. The summed E-state index contributed by atoms with van der Waals surface area (Å²) in [5.41, 5.74) is 0. The summed E-state index contributed by atoms with van der Waals surface area (Å²) in [4.78, 5) is 0. The van der Waals surface area contributed by atoms with Gasteiger partial charge in [-0.2, -0.15) is 0 Å². The normalized spacial score (nSPS) is 13.9. The van der Waals surface area contributed by atoms with Gasteiger partial charge in [-0.3, -0.25) is 0 Å². The van der Waals surface area contributed by atoms with Crippen molar-refractivity contribution >= 4 is 0 Å². The maximum absolute atomic E-state index is 8.77. The Bertz CT molecular complexity index is 45.8. The van der Waals surface area contributed by atoms with Crippen molar-refractivity contribution in [1.29, 1.82) is 0 Å². The van der Waals surface area contributed by atoms with E-state index in [0.29, 0.717) is 0 Å². The Morgan fingerprint density at radius 2 is 2.25 bits per heavy atom. The molecule has 0 rings (SSSR count). The minimum Gasteiger partial charge on any atom is -0.368 e. The van der Waals surface area contributed by atoms with E-state index in [-0.39, 0.29) is 0 Å². The highest BCUT2D eigenvalue weighted by atomic mass is 16.6. The third kappa shape index (κ3) is 4.09. The summed E-state index contributed by atoms with van der Waals surface area (Å²) in [6, 6.07) is 0. The maximum Gasteiger partial charge on any atom is 0.154 e. The molecule has 1 unspecified atom stereocenters. The average molecular weight is 118 g/mol. The highest BCUT2D eigenvalue weighted by molar-refractivity contribution is 4.39. The van der Waals surface area contributed by atoms with Crippen LogP contribution in [0.5, 0.6) is 0 Å². The molecule has 0 aliphatic rings. The van der Waals surface area contributed by atoms with Crippen molar-refractivity contribution in [3.63, 3.8) is 0 Å². The van der Waals surface area contributed by atoms with Gasteiger partial charge in [0.1, 0.15) is 0 Å². The number of rotatable bonds is 4. The first-order valence-corrected chi connectivity index (χ1v) is 3.02. The molecule has 1 atom stereocenters. The largest absolute Gasteiger partial charge is 0.368 e. The Morgan fingerprint density at radius 3 is 2.62 bits per heavy atom. The SMILES string of the molecule is CCCCC(O)OC. The van der Waals surface area contributed by atoms with E-state index in [1.165, 1.54) is 7.11 Å². The lowest BCUT2D eigenvalue weighted by Crippen LogP contribution is -2.07. The van der Waals surface area contributed by atoms with Gasteiger partial charge >= 0.3 is 0 Å². The molecule has 0 saturated heterocycles. The number of methoxy groups -OCH3 is 1. The van der Waals surface area contributed by atoms with Crippen LogP contribution in [0.15, 0.2) is 0 Å². The second-order valence-corrected chi connectivity index (χ2v) is 1.83. The van der Waals surface area contributed by atoms with E-state index in [1.807, 2.05) is 0 Å². The molecule has 8 heavy (non-hydrogen) atoms. The van der Waals surface area contributed by atoms with E-state index in [1.54, 1.807) is 0 Å². The van der Waals surface area contributed by atoms with Crippen LogP contribution in [0.1, 0.15) is 26.2 Å². The van der Waals surface area contributed by atoms with Gasteiger partial charge in [0.2, 0.25) is 0 Å². The molecule has 0 aromatic heterocycles. The number of unbranched alkanes of at least 4 members (excludes halogenated alkanes) is 1. The molecule has 2 nitrogen and oxygen atoms in total. The molecule has 0 aliphatic heterocycles. The number of hydrogen-bond acceptors (Lipinski definition) is 2. The first-order valence-electron chi connectivity index (χ1n) is 3.02. The maximum atomic E-state index is 8.77.